The van der Waals surface area contributed by atoms with Crippen LogP contribution in [0.1, 0.15) is 66.2 Å². The van der Waals surface area contributed by atoms with Gasteiger partial charge in [-0.15, -0.1) is 0 Å². The normalized spacial score (nSPS) is 21.3. The molecule has 1 saturated heterocycles. The van der Waals surface area contributed by atoms with E-state index in [1.807, 2.05) is 0 Å². The van der Waals surface area contributed by atoms with Crippen molar-refractivity contribution in [2.24, 2.45) is 5.41 Å². The third-order valence-corrected chi connectivity index (χ3v) is 4.18. The number of nitrogens with zero attached hydrogens (tertiary/aromatic N) is 1. The zero-order chi connectivity index (χ0) is 13.4. The molecule has 2 nitrogen and oxygen atoms in total. The molecule has 1 fully saturated rings. The molecule has 1 aliphatic heterocycles. The van der Waals surface area contributed by atoms with Gasteiger partial charge >= 0.3 is 0 Å². The lowest BCUT2D eigenvalue weighted by molar-refractivity contribution is 0.195. The molecule has 0 radical (unpaired) electrons. The molecule has 1 unspecified atom stereocenters. The van der Waals surface area contributed by atoms with Gasteiger partial charge in [0.2, 0.25) is 0 Å². The van der Waals surface area contributed by atoms with Crippen molar-refractivity contribution < 1.29 is 0 Å². The molecule has 0 bridgehead atoms. The maximum atomic E-state index is 3.66. The van der Waals surface area contributed by atoms with E-state index >= 15 is 0 Å². The van der Waals surface area contributed by atoms with E-state index in [0.29, 0.717) is 11.5 Å². The lowest BCUT2D eigenvalue weighted by Crippen LogP contribution is -2.43. The van der Waals surface area contributed by atoms with Crippen molar-refractivity contribution in [3.63, 3.8) is 0 Å². The molecule has 0 aromatic carbocycles. The molecule has 0 saturated carbocycles. The van der Waals surface area contributed by atoms with Crippen LogP contribution in [0.15, 0.2) is 0 Å². The van der Waals surface area contributed by atoms with E-state index in [-0.39, 0.29) is 0 Å². The second-order valence-corrected chi connectivity index (χ2v) is 6.87. The van der Waals surface area contributed by atoms with Crippen molar-refractivity contribution in [1.82, 2.24) is 10.2 Å². The highest BCUT2D eigenvalue weighted by Crippen LogP contribution is 2.22. The lowest BCUT2D eigenvalue weighted by Gasteiger charge is -2.34. The molecule has 1 heterocycles. The van der Waals surface area contributed by atoms with Crippen LogP contribution in [0.2, 0.25) is 0 Å². The highest BCUT2D eigenvalue weighted by atomic mass is 15.1. The molecular weight excluding hydrogens is 220 g/mol. The summed E-state index contributed by atoms with van der Waals surface area (Å²) in [6.07, 6.45) is 8.43. The SMILES string of the molecule is CCNC(CCN1CCCCCCC1)C(C)(C)C. The second-order valence-electron chi connectivity index (χ2n) is 6.87. The minimum atomic E-state index is 0.374. The Morgan fingerprint density at radius 3 is 2.06 bits per heavy atom. The van der Waals surface area contributed by atoms with Crippen molar-refractivity contribution >= 4 is 0 Å². The molecule has 0 amide bonds. The Morgan fingerprint density at radius 1 is 1.00 bits per heavy atom. The Labute approximate surface area is 115 Å². The first kappa shape index (κ1) is 16.0. The molecule has 2 heteroatoms. The standard InChI is InChI=1S/C16H34N2/c1-5-17-15(16(2,3)4)11-14-18-12-9-7-6-8-10-13-18/h15,17H,5-14H2,1-4H3. The molecule has 108 valence electrons. The number of hydrogen-bond donors (Lipinski definition) is 1. The first-order valence-electron chi connectivity index (χ1n) is 7.99. The number of rotatable bonds is 5. The van der Waals surface area contributed by atoms with Crippen LogP contribution in [0, 0.1) is 5.41 Å². The van der Waals surface area contributed by atoms with Crippen molar-refractivity contribution in [2.75, 3.05) is 26.2 Å². The molecule has 18 heavy (non-hydrogen) atoms. The van der Waals surface area contributed by atoms with Crippen LogP contribution in [0.3, 0.4) is 0 Å². The number of nitrogens with one attached hydrogen (secondary N) is 1. The Morgan fingerprint density at radius 2 is 1.56 bits per heavy atom. The van der Waals surface area contributed by atoms with Crippen molar-refractivity contribution in [2.45, 2.75) is 72.3 Å². The van der Waals surface area contributed by atoms with Gasteiger partial charge in [0.15, 0.2) is 0 Å². The van der Waals surface area contributed by atoms with Gasteiger partial charge in [0.1, 0.15) is 0 Å². The summed E-state index contributed by atoms with van der Waals surface area (Å²) in [7, 11) is 0. The average molecular weight is 254 g/mol. The molecular formula is C16H34N2. The van der Waals surface area contributed by atoms with Gasteiger partial charge in [0, 0.05) is 6.04 Å². The fraction of sp³-hybridized carbons (Fsp3) is 1.00. The van der Waals surface area contributed by atoms with E-state index in [4.69, 9.17) is 0 Å². The highest BCUT2D eigenvalue weighted by molar-refractivity contribution is 4.81. The lowest BCUT2D eigenvalue weighted by atomic mass is 9.84. The summed E-state index contributed by atoms with van der Waals surface area (Å²) in [5, 5.41) is 3.66. The van der Waals surface area contributed by atoms with Crippen LogP contribution in [0.4, 0.5) is 0 Å². The maximum Gasteiger partial charge on any atom is 0.0128 e. The summed E-state index contributed by atoms with van der Waals surface area (Å²) >= 11 is 0. The maximum absolute atomic E-state index is 3.66. The molecule has 0 spiro atoms. The molecule has 0 aliphatic carbocycles. The van der Waals surface area contributed by atoms with Gasteiger partial charge < -0.3 is 10.2 Å². The summed E-state index contributed by atoms with van der Waals surface area (Å²) in [6.45, 7) is 14.3. The van der Waals surface area contributed by atoms with Gasteiger partial charge in [-0.3, -0.25) is 0 Å². The zero-order valence-corrected chi connectivity index (χ0v) is 13.1. The van der Waals surface area contributed by atoms with Gasteiger partial charge in [-0.2, -0.15) is 0 Å². The van der Waals surface area contributed by atoms with E-state index in [1.165, 1.54) is 58.2 Å². The zero-order valence-electron chi connectivity index (χ0n) is 13.1. The topological polar surface area (TPSA) is 15.3 Å². The van der Waals surface area contributed by atoms with Crippen molar-refractivity contribution in [3.05, 3.63) is 0 Å². The van der Waals surface area contributed by atoms with Crippen LogP contribution in [-0.4, -0.2) is 37.1 Å². The van der Waals surface area contributed by atoms with Gasteiger partial charge in [-0.05, 0) is 50.9 Å². The molecule has 1 aliphatic rings. The molecule has 0 aromatic heterocycles. The Kier molecular flexibility index (Phi) is 7.25. The first-order valence-corrected chi connectivity index (χ1v) is 7.99. The predicted molar refractivity (Wildman–Crippen MR) is 81.1 cm³/mol. The molecule has 0 aromatic rings. The van der Waals surface area contributed by atoms with E-state index in [9.17, 15) is 0 Å². The third kappa shape index (κ3) is 6.19. The van der Waals surface area contributed by atoms with Crippen molar-refractivity contribution in [3.8, 4) is 0 Å². The van der Waals surface area contributed by atoms with Gasteiger partial charge in [0.05, 0.1) is 0 Å². The summed E-state index contributed by atoms with van der Waals surface area (Å²) in [6, 6.07) is 0.646. The predicted octanol–water partition coefficient (Wildman–Crippen LogP) is 3.67. The van der Waals surface area contributed by atoms with E-state index < -0.39 is 0 Å². The van der Waals surface area contributed by atoms with Gasteiger partial charge in [-0.25, -0.2) is 0 Å². The van der Waals surface area contributed by atoms with E-state index in [0.717, 1.165) is 6.54 Å². The molecule has 1 N–H and O–H groups in total. The summed E-state index contributed by atoms with van der Waals surface area (Å²) in [5.41, 5.74) is 0.374. The quantitative estimate of drug-likeness (QED) is 0.805. The largest absolute Gasteiger partial charge is 0.314 e. The minimum absolute atomic E-state index is 0.374. The number of likely N-dealkylation sites (tertiary alicyclic amines) is 1. The Hall–Kier alpha value is -0.0800. The Balaban J connectivity index is 2.35. The third-order valence-electron chi connectivity index (χ3n) is 4.18. The van der Waals surface area contributed by atoms with Crippen molar-refractivity contribution in [1.29, 1.82) is 0 Å². The molecule has 1 rings (SSSR count). The monoisotopic (exact) mass is 254 g/mol. The van der Waals surface area contributed by atoms with Gasteiger partial charge in [-0.1, -0.05) is 47.0 Å². The fourth-order valence-electron chi connectivity index (χ4n) is 2.94. The van der Waals surface area contributed by atoms with Crippen LogP contribution >= 0.6 is 0 Å². The van der Waals surface area contributed by atoms with Crippen LogP contribution in [0.5, 0.6) is 0 Å². The van der Waals surface area contributed by atoms with Crippen LogP contribution in [0.25, 0.3) is 0 Å². The highest BCUT2D eigenvalue weighted by Gasteiger charge is 2.24. The first-order chi connectivity index (χ1) is 8.54. The average Bonchev–Trinajstić information content (AvgIpc) is 2.24. The Bertz CT molecular complexity index is 200. The van der Waals surface area contributed by atoms with Crippen LogP contribution < -0.4 is 5.32 Å². The second kappa shape index (κ2) is 8.16. The summed E-state index contributed by atoms with van der Waals surface area (Å²) < 4.78 is 0. The van der Waals surface area contributed by atoms with Crippen LogP contribution in [-0.2, 0) is 0 Å². The smallest absolute Gasteiger partial charge is 0.0128 e. The molecule has 1 atom stereocenters. The van der Waals surface area contributed by atoms with Gasteiger partial charge in [0.25, 0.3) is 0 Å². The van der Waals surface area contributed by atoms with E-state index in [2.05, 4.69) is 37.9 Å². The van der Waals surface area contributed by atoms with E-state index in [1.54, 1.807) is 0 Å². The minimum Gasteiger partial charge on any atom is -0.314 e. The summed E-state index contributed by atoms with van der Waals surface area (Å²) in [4.78, 5) is 2.69. The number of hydrogen-bond acceptors (Lipinski definition) is 2. The fourth-order valence-corrected chi connectivity index (χ4v) is 2.94. The summed E-state index contributed by atoms with van der Waals surface area (Å²) in [5.74, 6) is 0.